The van der Waals surface area contributed by atoms with Crippen molar-refractivity contribution in [3.63, 3.8) is 0 Å². The fourth-order valence-corrected chi connectivity index (χ4v) is 4.58. The third-order valence-corrected chi connectivity index (χ3v) is 6.08. The summed E-state index contributed by atoms with van der Waals surface area (Å²) in [6.45, 7) is 5.44. The first-order valence-corrected chi connectivity index (χ1v) is 10.3. The molecule has 1 aromatic heterocycles. The van der Waals surface area contributed by atoms with Gasteiger partial charge < -0.3 is 10.2 Å². The summed E-state index contributed by atoms with van der Waals surface area (Å²) in [6, 6.07) is 7.59. The highest BCUT2D eigenvalue weighted by Crippen LogP contribution is 2.30. The number of nitrogens with one attached hydrogen (secondary N) is 1. The van der Waals surface area contributed by atoms with Crippen LogP contribution in [0.2, 0.25) is 0 Å². The molecule has 0 saturated carbocycles. The average Bonchev–Trinajstić information content (AvgIpc) is 3.08. The van der Waals surface area contributed by atoms with Gasteiger partial charge in [0.05, 0.1) is 12.0 Å². The van der Waals surface area contributed by atoms with Gasteiger partial charge in [0.2, 0.25) is 5.91 Å². The van der Waals surface area contributed by atoms with E-state index in [9.17, 15) is 9.59 Å². The van der Waals surface area contributed by atoms with Crippen LogP contribution in [0.15, 0.2) is 29.6 Å². The van der Waals surface area contributed by atoms with Crippen molar-refractivity contribution in [2.75, 3.05) is 18.4 Å². The number of fused-ring (bicyclic) bond motifs is 1. The molecule has 26 heavy (non-hydrogen) atoms. The molecule has 3 rings (SSSR count). The maximum absolute atomic E-state index is 12.6. The number of likely N-dealkylation sites (N-methyl/N-ethyl adjacent to an activating group) is 1. The number of hydrogen-bond donors (Lipinski definition) is 1. The average molecular weight is 371 g/mol. The Hall–Kier alpha value is -2.14. The number of aryl methyl sites for hydroxylation is 1. The molecule has 4 nitrogen and oxygen atoms in total. The van der Waals surface area contributed by atoms with Crippen molar-refractivity contribution in [3.8, 4) is 0 Å². The van der Waals surface area contributed by atoms with E-state index < -0.39 is 0 Å². The van der Waals surface area contributed by atoms with Gasteiger partial charge in [0.15, 0.2) is 0 Å². The zero-order valence-corrected chi connectivity index (χ0v) is 16.3. The minimum atomic E-state index is -0.0311. The molecule has 1 heterocycles. The Morgan fingerprint density at radius 3 is 2.46 bits per heavy atom. The van der Waals surface area contributed by atoms with Crippen LogP contribution in [-0.2, 0) is 24.1 Å². The lowest BCUT2D eigenvalue weighted by atomic mass is 9.95. The monoisotopic (exact) mass is 370 g/mol. The number of carbonyl (C=O) groups excluding carboxylic acids is 2. The van der Waals surface area contributed by atoms with Crippen molar-refractivity contribution in [2.45, 2.75) is 46.0 Å². The minimum absolute atomic E-state index is 0.0311. The maximum atomic E-state index is 12.6. The van der Waals surface area contributed by atoms with Gasteiger partial charge in [0.1, 0.15) is 0 Å². The molecule has 0 radical (unpaired) electrons. The lowest BCUT2D eigenvalue weighted by molar-refractivity contribution is -0.130. The number of amides is 2. The van der Waals surface area contributed by atoms with Crippen LogP contribution < -0.4 is 5.32 Å². The minimum Gasteiger partial charge on any atom is -0.343 e. The largest absolute Gasteiger partial charge is 0.343 e. The summed E-state index contributed by atoms with van der Waals surface area (Å²) < 4.78 is 0. The van der Waals surface area contributed by atoms with Crippen LogP contribution in [0.25, 0.3) is 0 Å². The molecular formula is C21H26N2O2S. The van der Waals surface area contributed by atoms with Gasteiger partial charge in [-0.15, -0.1) is 11.3 Å². The van der Waals surface area contributed by atoms with E-state index in [2.05, 4.69) is 5.32 Å². The molecule has 0 saturated heterocycles. The Bertz CT molecular complexity index is 776. The zero-order valence-electron chi connectivity index (χ0n) is 15.5. The van der Waals surface area contributed by atoms with Gasteiger partial charge in [-0.2, -0.15) is 0 Å². The van der Waals surface area contributed by atoms with E-state index in [1.165, 1.54) is 23.3 Å². The molecule has 1 aliphatic rings. The van der Waals surface area contributed by atoms with Crippen LogP contribution in [0.4, 0.5) is 5.69 Å². The molecule has 0 unspecified atom stereocenters. The molecule has 2 aromatic rings. The molecule has 1 aliphatic carbocycles. The van der Waals surface area contributed by atoms with Gasteiger partial charge in [-0.1, -0.05) is 12.1 Å². The maximum Gasteiger partial charge on any atom is 0.256 e. The summed E-state index contributed by atoms with van der Waals surface area (Å²) in [6.07, 6.45) is 4.89. The SMILES string of the molecule is CCN(CC)C(=O)Cc1ccc(NC(=O)c2csc3c2CCCC3)cc1. The summed E-state index contributed by atoms with van der Waals surface area (Å²) in [5.74, 6) is 0.105. The van der Waals surface area contributed by atoms with Crippen molar-refractivity contribution in [1.82, 2.24) is 4.90 Å². The van der Waals surface area contributed by atoms with E-state index in [0.717, 1.165) is 42.7 Å². The van der Waals surface area contributed by atoms with Gasteiger partial charge in [-0.25, -0.2) is 0 Å². The second kappa shape index (κ2) is 8.49. The summed E-state index contributed by atoms with van der Waals surface area (Å²) in [5, 5.41) is 4.98. The number of benzene rings is 1. The van der Waals surface area contributed by atoms with E-state index in [4.69, 9.17) is 0 Å². The molecule has 1 N–H and O–H groups in total. The van der Waals surface area contributed by atoms with Crippen LogP contribution in [0.1, 0.15) is 53.1 Å². The topological polar surface area (TPSA) is 49.4 Å². The summed E-state index contributed by atoms with van der Waals surface area (Å²) >= 11 is 1.70. The first-order valence-electron chi connectivity index (χ1n) is 9.39. The van der Waals surface area contributed by atoms with Crippen molar-refractivity contribution in [1.29, 1.82) is 0 Å². The fraction of sp³-hybridized carbons (Fsp3) is 0.429. The van der Waals surface area contributed by atoms with Gasteiger partial charge in [-0.3, -0.25) is 9.59 Å². The Morgan fingerprint density at radius 1 is 1.08 bits per heavy atom. The molecule has 0 aliphatic heterocycles. The van der Waals surface area contributed by atoms with Crippen LogP contribution in [0.5, 0.6) is 0 Å². The molecular weight excluding hydrogens is 344 g/mol. The standard InChI is InChI=1S/C21H26N2O2S/c1-3-23(4-2)20(24)13-15-9-11-16(12-10-15)22-21(25)18-14-26-19-8-6-5-7-17(18)19/h9-12,14H,3-8,13H2,1-2H3,(H,22,25). The van der Waals surface area contributed by atoms with E-state index >= 15 is 0 Å². The molecule has 5 heteroatoms. The van der Waals surface area contributed by atoms with Crippen LogP contribution in [-0.4, -0.2) is 29.8 Å². The second-order valence-corrected chi connectivity index (χ2v) is 7.62. The number of hydrogen-bond acceptors (Lipinski definition) is 3. The van der Waals surface area contributed by atoms with Gasteiger partial charge in [0.25, 0.3) is 5.91 Å². The van der Waals surface area contributed by atoms with Crippen molar-refractivity contribution in [2.24, 2.45) is 0 Å². The molecule has 0 bridgehead atoms. The number of carbonyl (C=O) groups is 2. The molecule has 0 atom stereocenters. The van der Waals surface area contributed by atoms with E-state index in [-0.39, 0.29) is 11.8 Å². The number of anilines is 1. The van der Waals surface area contributed by atoms with Crippen LogP contribution in [0.3, 0.4) is 0 Å². The molecule has 0 spiro atoms. The van der Waals surface area contributed by atoms with Crippen molar-refractivity contribution in [3.05, 3.63) is 51.2 Å². The lowest BCUT2D eigenvalue weighted by Crippen LogP contribution is -2.31. The molecule has 2 amide bonds. The third kappa shape index (κ3) is 4.15. The summed E-state index contributed by atoms with van der Waals surface area (Å²) in [7, 11) is 0. The normalized spacial score (nSPS) is 13.2. The highest BCUT2D eigenvalue weighted by atomic mass is 32.1. The molecule has 138 valence electrons. The fourth-order valence-electron chi connectivity index (χ4n) is 3.45. The summed E-state index contributed by atoms with van der Waals surface area (Å²) in [5.41, 5.74) is 3.79. The summed E-state index contributed by atoms with van der Waals surface area (Å²) in [4.78, 5) is 28.0. The smallest absolute Gasteiger partial charge is 0.256 e. The Morgan fingerprint density at radius 2 is 1.77 bits per heavy atom. The Kier molecular flexibility index (Phi) is 6.09. The zero-order chi connectivity index (χ0) is 18.5. The predicted molar refractivity (Wildman–Crippen MR) is 107 cm³/mol. The van der Waals surface area contributed by atoms with E-state index in [1.54, 1.807) is 11.3 Å². The third-order valence-electron chi connectivity index (χ3n) is 4.99. The van der Waals surface area contributed by atoms with E-state index in [0.29, 0.717) is 6.42 Å². The number of thiophene rings is 1. The second-order valence-electron chi connectivity index (χ2n) is 6.65. The van der Waals surface area contributed by atoms with Crippen molar-refractivity contribution >= 4 is 28.8 Å². The van der Waals surface area contributed by atoms with Crippen LogP contribution >= 0.6 is 11.3 Å². The lowest BCUT2D eigenvalue weighted by Gasteiger charge is -2.18. The number of rotatable bonds is 6. The molecule has 1 aromatic carbocycles. The first-order chi connectivity index (χ1) is 12.6. The van der Waals surface area contributed by atoms with Gasteiger partial charge in [0, 0.05) is 29.0 Å². The van der Waals surface area contributed by atoms with Gasteiger partial charge >= 0.3 is 0 Å². The highest BCUT2D eigenvalue weighted by Gasteiger charge is 2.20. The predicted octanol–water partition coefficient (Wildman–Crippen LogP) is 4.29. The molecule has 0 fully saturated rings. The van der Waals surface area contributed by atoms with Gasteiger partial charge in [-0.05, 0) is 62.8 Å². The van der Waals surface area contributed by atoms with Crippen LogP contribution in [0, 0.1) is 0 Å². The van der Waals surface area contributed by atoms with Crippen molar-refractivity contribution < 1.29 is 9.59 Å². The number of nitrogens with zero attached hydrogens (tertiary/aromatic N) is 1. The van der Waals surface area contributed by atoms with E-state index in [1.807, 2.05) is 48.4 Å². The quantitative estimate of drug-likeness (QED) is 0.825. The highest BCUT2D eigenvalue weighted by molar-refractivity contribution is 7.10. The Labute approximate surface area is 159 Å². The Balaban J connectivity index is 1.63. The first kappa shape index (κ1) is 18.6.